The fourth-order valence-electron chi connectivity index (χ4n) is 1.80. The van der Waals surface area contributed by atoms with E-state index in [1.807, 2.05) is 11.3 Å². The van der Waals surface area contributed by atoms with E-state index in [4.69, 9.17) is 10.5 Å². The van der Waals surface area contributed by atoms with Gasteiger partial charge in [-0.05, 0) is 30.0 Å². The molecule has 3 nitrogen and oxygen atoms in total. The van der Waals surface area contributed by atoms with Gasteiger partial charge in [-0.3, -0.25) is 4.90 Å². The normalized spacial score (nSPS) is 18.2. The van der Waals surface area contributed by atoms with Crippen LogP contribution in [-0.2, 0) is 17.7 Å². The zero-order chi connectivity index (χ0) is 10.5. The average Bonchev–Trinajstić information content (AvgIpc) is 2.68. The van der Waals surface area contributed by atoms with E-state index in [1.54, 1.807) is 0 Å². The van der Waals surface area contributed by atoms with Crippen molar-refractivity contribution >= 4 is 11.3 Å². The molecule has 84 valence electrons. The van der Waals surface area contributed by atoms with Crippen LogP contribution < -0.4 is 5.73 Å². The minimum atomic E-state index is 0.748. The van der Waals surface area contributed by atoms with Gasteiger partial charge < -0.3 is 10.5 Å². The van der Waals surface area contributed by atoms with Gasteiger partial charge in [0.15, 0.2) is 0 Å². The minimum absolute atomic E-state index is 0.748. The molecule has 2 heterocycles. The van der Waals surface area contributed by atoms with Crippen molar-refractivity contribution < 1.29 is 4.74 Å². The van der Waals surface area contributed by atoms with Gasteiger partial charge in [-0.2, -0.15) is 0 Å². The van der Waals surface area contributed by atoms with Crippen molar-refractivity contribution in [3.63, 3.8) is 0 Å². The maximum atomic E-state index is 5.53. The van der Waals surface area contributed by atoms with Gasteiger partial charge in [0.25, 0.3) is 0 Å². The summed E-state index contributed by atoms with van der Waals surface area (Å²) in [5, 5.41) is 2.25. The lowest BCUT2D eigenvalue weighted by Crippen LogP contribution is -2.35. The average molecular weight is 226 g/mol. The van der Waals surface area contributed by atoms with Gasteiger partial charge in [0, 0.05) is 24.5 Å². The second kappa shape index (κ2) is 5.61. The third-order valence-corrected chi connectivity index (χ3v) is 3.65. The highest BCUT2D eigenvalue weighted by Crippen LogP contribution is 2.17. The van der Waals surface area contributed by atoms with E-state index in [-0.39, 0.29) is 0 Å². The number of nitrogens with zero attached hydrogens (tertiary/aromatic N) is 1. The highest BCUT2D eigenvalue weighted by atomic mass is 32.1. The van der Waals surface area contributed by atoms with E-state index < -0.39 is 0 Å². The number of hydrogen-bond donors (Lipinski definition) is 1. The fourth-order valence-corrected chi connectivity index (χ4v) is 2.70. The minimum Gasteiger partial charge on any atom is -0.379 e. The summed E-state index contributed by atoms with van der Waals surface area (Å²) in [6.07, 6.45) is 1.01. The Morgan fingerprint density at radius 3 is 2.93 bits per heavy atom. The molecule has 4 heteroatoms. The van der Waals surface area contributed by atoms with E-state index in [0.717, 1.165) is 45.8 Å². The first-order valence-corrected chi connectivity index (χ1v) is 6.33. The topological polar surface area (TPSA) is 38.5 Å². The van der Waals surface area contributed by atoms with Gasteiger partial charge in [-0.1, -0.05) is 0 Å². The Morgan fingerprint density at radius 2 is 2.20 bits per heavy atom. The fraction of sp³-hybridized carbons (Fsp3) is 0.636. The van der Waals surface area contributed by atoms with Crippen molar-refractivity contribution in [2.45, 2.75) is 13.0 Å². The number of nitrogens with two attached hydrogens (primary N) is 1. The highest BCUT2D eigenvalue weighted by molar-refractivity contribution is 7.10. The standard InChI is InChI=1S/C11H18N2OS/c12-2-1-11-7-10(9-15-11)8-13-3-5-14-6-4-13/h7,9H,1-6,8,12H2. The first-order chi connectivity index (χ1) is 7.38. The van der Waals surface area contributed by atoms with Crippen LogP contribution in [0.25, 0.3) is 0 Å². The summed E-state index contributed by atoms with van der Waals surface area (Å²) in [6, 6.07) is 2.28. The monoisotopic (exact) mass is 226 g/mol. The first-order valence-electron chi connectivity index (χ1n) is 5.45. The number of thiophene rings is 1. The van der Waals surface area contributed by atoms with E-state index in [9.17, 15) is 0 Å². The number of hydrogen-bond acceptors (Lipinski definition) is 4. The van der Waals surface area contributed by atoms with Crippen LogP contribution >= 0.6 is 11.3 Å². The second-order valence-corrected chi connectivity index (χ2v) is 4.84. The third-order valence-electron chi connectivity index (χ3n) is 2.61. The Kier molecular flexibility index (Phi) is 4.14. The van der Waals surface area contributed by atoms with Gasteiger partial charge in [0.05, 0.1) is 13.2 Å². The molecule has 0 aromatic carbocycles. The first kappa shape index (κ1) is 11.1. The molecule has 0 atom stereocenters. The molecule has 2 N–H and O–H groups in total. The van der Waals surface area contributed by atoms with Crippen LogP contribution in [0.3, 0.4) is 0 Å². The van der Waals surface area contributed by atoms with Crippen molar-refractivity contribution in [2.75, 3.05) is 32.8 Å². The SMILES string of the molecule is NCCc1cc(CN2CCOCC2)cs1. The summed E-state index contributed by atoms with van der Waals surface area (Å²) >= 11 is 1.82. The van der Waals surface area contributed by atoms with E-state index in [0.29, 0.717) is 0 Å². The van der Waals surface area contributed by atoms with Crippen LogP contribution in [0.5, 0.6) is 0 Å². The Labute approximate surface area is 94.8 Å². The van der Waals surface area contributed by atoms with Crippen molar-refractivity contribution in [3.8, 4) is 0 Å². The zero-order valence-electron chi connectivity index (χ0n) is 8.95. The van der Waals surface area contributed by atoms with Gasteiger partial charge in [0.1, 0.15) is 0 Å². The Morgan fingerprint density at radius 1 is 1.40 bits per heavy atom. The van der Waals surface area contributed by atoms with Gasteiger partial charge in [0.2, 0.25) is 0 Å². The summed E-state index contributed by atoms with van der Waals surface area (Å²) < 4.78 is 5.33. The molecule has 1 aromatic heterocycles. The van der Waals surface area contributed by atoms with Crippen molar-refractivity contribution in [2.24, 2.45) is 5.73 Å². The quantitative estimate of drug-likeness (QED) is 0.835. The molecule has 1 aromatic rings. The molecule has 0 saturated carbocycles. The van der Waals surface area contributed by atoms with Crippen LogP contribution in [0.1, 0.15) is 10.4 Å². The lowest BCUT2D eigenvalue weighted by Gasteiger charge is -2.26. The van der Waals surface area contributed by atoms with Crippen LogP contribution in [0.2, 0.25) is 0 Å². The maximum Gasteiger partial charge on any atom is 0.0594 e. The van der Waals surface area contributed by atoms with Crippen LogP contribution in [0.4, 0.5) is 0 Å². The molecular weight excluding hydrogens is 208 g/mol. The summed E-state index contributed by atoms with van der Waals surface area (Å²) in [5.74, 6) is 0. The molecule has 0 amide bonds. The summed E-state index contributed by atoms with van der Waals surface area (Å²) in [7, 11) is 0. The molecule has 1 fully saturated rings. The van der Waals surface area contributed by atoms with Crippen molar-refractivity contribution in [1.82, 2.24) is 4.90 Å². The Hall–Kier alpha value is -0.420. The van der Waals surface area contributed by atoms with Gasteiger partial charge in [-0.25, -0.2) is 0 Å². The predicted molar refractivity (Wildman–Crippen MR) is 63.2 cm³/mol. The Bertz CT molecular complexity index is 295. The van der Waals surface area contributed by atoms with E-state index in [1.165, 1.54) is 10.4 Å². The molecule has 1 saturated heterocycles. The lowest BCUT2D eigenvalue weighted by molar-refractivity contribution is 0.0342. The summed E-state index contributed by atoms with van der Waals surface area (Å²) in [5.41, 5.74) is 6.96. The number of morpholine rings is 1. The van der Waals surface area contributed by atoms with E-state index in [2.05, 4.69) is 16.3 Å². The predicted octanol–water partition coefficient (Wildman–Crippen LogP) is 1.08. The molecular formula is C11H18N2OS. The Balaban J connectivity index is 1.86. The molecule has 0 aliphatic carbocycles. The molecule has 15 heavy (non-hydrogen) atoms. The molecule has 0 unspecified atom stereocenters. The van der Waals surface area contributed by atoms with Crippen molar-refractivity contribution in [3.05, 3.63) is 21.9 Å². The molecule has 0 spiro atoms. The lowest BCUT2D eigenvalue weighted by atomic mass is 10.2. The maximum absolute atomic E-state index is 5.53. The summed E-state index contributed by atoms with van der Waals surface area (Å²) in [6.45, 7) is 5.67. The van der Waals surface area contributed by atoms with E-state index >= 15 is 0 Å². The van der Waals surface area contributed by atoms with Crippen LogP contribution in [0, 0.1) is 0 Å². The smallest absolute Gasteiger partial charge is 0.0594 e. The number of rotatable bonds is 4. The molecule has 0 bridgehead atoms. The summed E-state index contributed by atoms with van der Waals surface area (Å²) in [4.78, 5) is 3.85. The molecule has 1 aliphatic heterocycles. The molecule has 2 rings (SSSR count). The van der Waals surface area contributed by atoms with Crippen molar-refractivity contribution in [1.29, 1.82) is 0 Å². The second-order valence-electron chi connectivity index (χ2n) is 3.85. The van der Waals surface area contributed by atoms with Crippen LogP contribution in [-0.4, -0.2) is 37.7 Å². The number of ether oxygens (including phenoxy) is 1. The highest BCUT2D eigenvalue weighted by Gasteiger charge is 2.11. The molecule has 1 aliphatic rings. The van der Waals surface area contributed by atoms with Crippen LogP contribution in [0.15, 0.2) is 11.4 Å². The molecule has 0 radical (unpaired) electrons. The van der Waals surface area contributed by atoms with Gasteiger partial charge in [-0.15, -0.1) is 11.3 Å². The largest absolute Gasteiger partial charge is 0.379 e. The zero-order valence-corrected chi connectivity index (χ0v) is 9.76. The third kappa shape index (κ3) is 3.28. The van der Waals surface area contributed by atoms with Gasteiger partial charge >= 0.3 is 0 Å².